The molecule has 0 bridgehead atoms. The van der Waals surface area contributed by atoms with Crippen molar-refractivity contribution in [3.05, 3.63) is 59.3 Å². The van der Waals surface area contributed by atoms with Crippen molar-refractivity contribution in [1.29, 1.82) is 5.26 Å². The molecule has 0 aromatic heterocycles. The summed E-state index contributed by atoms with van der Waals surface area (Å²) >= 11 is 0. The maximum absolute atomic E-state index is 12.4. The molecule has 6 heteroatoms. The smallest absolute Gasteiger partial charge is 0.267 e. The Bertz CT molecular complexity index is 882. The van der Waals surface area contributed by atoms with E-state index >= 15 is 0 Å². The molecule has 1 amide bonds. The van der Waals surface area contributed by atoms with Gasteiger partial charge < -0.3 is 20.1 Å². The number of carbonyl (C=O) groups is 1. The van der Waals surface area contributed by atoms with Crippen LogP contribution < -0.4 is 20.1 Å². The molecule has 2 aromatic carbocycles. The number of nitrogens with one attached hydrogen (secondary N) is 2. The number of rotatable bonds is 6. The molecule has 0 fully saturated rings. The molecular weight excluding hydrogens is 330 g/mol. The Morgan fingerprint density at radius 3 is 2.46 bits per heavy atom. The van der Waals surface area contributed by atoms with Crippen LogP contribution in [-0.2, 0) is 4.79 Å². The number of hydrogen-bond donors (Lipinski definition) is 2. The van der Waals surface area contributed by atoms with Gasteiger partial charge in [0.2, 0.25) is 0 Å². The van der Waals surface area contributed by atoms with E-state index in [0.29, 0.717) is 22.9 Å². The number of amides is 1. The van der Waals surface area contributed by atoms with E-state index < -0.39 is 5.91 Å². The standard InChI is InChI=1S/C20H21N3O3/c1-13-5-7-17(14(2)9-13)23-20(24)15(11-21)12-22-18-10-16(25-3)6-8-19(18)26-4/h5-10,12,22H,1-4H3,(H,23,24)/b15-12-. The monoisotopic (exact) mass is 351 g/mol. The zero-order valence-corrected chi connectivity index (χ0v) is 15.2. The van der Waals surface area contributed by atoms with Crippen LogP contribution in [0.4, 0.5) is 11.4 Å². The van der Waals surface area contributed by atoms with Crippen molar-refractivity contribution >= 4 is 17.3 Å². The van der Waals surface area contributed by atoms with Crippen LogP contribution in [-0.4, -0.2) is 20.1 Å². The third-order valence-corrected chi connectivity index (χ3v) is 3.77. The van der Waals surface area contributed by atoms with Crippen LogP contribution in [0.3, 0.4) is 0 Å². The second-order valence-corrected chi connectivity index (χ2v) is 5.65. The van der Waals surface area contributed by atoms with Gasteiger partial charge in [-0.3, -0.25) is 4.79 Å². The number of anilines is 2. The number of aryl methyl sites for hydroxylation is 2. The molecule has 2 aromatic rings. The molecule has 0 saturated carbocycles. The summed E-state index contributed by atoms with van der Waals surface area (Å²) in [7, 11) is 3.09. The van der Waals surface area contributed by atoms with Gasteiger partial charge in [0.05, 0.1) is 19.9 Å². The number of ether oxygens (including phenoxy) is 2. The van der Waals surface area contributed by atoms with Crippen LogP contribution in [0.25, 0.3) is 0 Å². The van der Waals surface area contributed by atoms with E-state index in [2.05, 4.69) is 10.6 Å². The Morgan fingerprint density at radius 2 is 1.85 bits per heavy atom. The molecule has 0 spiro atoms. The highest BCUT2D eigenvalue weighted by Crippen LogP contribution is 2.29. The van der Waals surface area contributed by atoms with Crippen molar-refractivity contribution in [3.8, 4) is 17.6 Å². The molecule has 26 heavy (non-hydrogen) atoms. The van der Waals surface area contributed by atoms with Gasteiger partial charge in [-0.25, -0.2) is 0 Å². The lowest BCUT2D eigenvalue weighted by atomic mass is 10.1. The molecular formula is C20H21N3O3. The fraction of sp³-hybridized carbons (Fsp3) is 0.200. The first-order valence-corrected chi connectivity index (χ1v) is 7.96. The van der Waals surface area contributed by atoms with Crippen LogP contribution in [0, 0.1) is 25.2 Å². The zero-order valence-electron chi connectivity index (χ0n) is 15.2. The largest absolute Gasteiger partial charge is 0.497 e. The van der Waals surface area contributed by atoms with Crippen LogP contribution in [0.2, 0.25) is 0 Å². The fourth-order valence-corrected chi connectivity index (χ4v) is 2.37. The average molecular weight is 351 g/mol. The van der Waals surface area contributed by atoms with E-state index in [1.807, 2.05) is 38.1 Å². The van der Waals surface area contributed by atoms with E-state index in [9.17, 15) is 10.1 Å². The highest BCUT2D eigenvalue weighted by Gasteiger charge is 2.11. The van der Waals surface area contributed by atoms with Crippen molar-refractivity contribution in [2.75, 3.05) is 24.9 Å². The van der Waals surface area contributed by atoms with E-state index in [-0.39, 0.29) is 5.57 Å². The van der Waals surface area contributed by atoms with Crippen LogP contribution in [0.15, 0.2) is 48.2 Å². The van der Waals surface area contributed by atoms with Gasteiger partial charge in [0.25, 0.3) is 5.91 Å². The molecule has 0 radical (unpaired) electrons. The van der Waals surface area contributed by atoms with E-state index in [1.54, 1.807) is 25.3 Å². The Hall–Kier alpha value is -3.46. The van der Waals surface area contributed by atoms with Crippen molar-refractivity contribution in [1.82, 2.24) is 0 Å². The third-order valence-electron chi connectivity index (χ3n) is 3.77. The molecule has 0 aliphatic heterocycles. The van der Waals surface area contributed by atoms with Crippen LogP contribution in [0.5, 0.6) is 11.5 Å². The molecule has 6 nitrogen and oxygen atoms in total. The van der Waals surface area contributed by atoms with Crippen molar-refractivity contribution in [2.45, 2.75) is 13.8 Å². The molecule has 0 atom stereocenters. The van der Waals surface area contributed by atoms with Crippen molar-refractivity contribution in [2.24, 2.45) is 0 Å². The molecule has 0 unspecified atom stereocenters. The predicted octanol–water partition coefficient (Wildman–Crippen LogP) is 3.78. The summed E-state index contributed by atoms with van der Waals surface area (Å²) in [5, 5.41) is 15.0. The quantitative estimate of drug-likeness (QED) is 0.611. The van der Waals surface area contributed by atoms with E-state index in [0.717, 1.165) is 11.1 Å². The number of methoxy groups -OCH3 is 2. The summed E-state index contributed by atoms with van der Waals surface area (Å²) < 4.78 is 10.4. The SMILES string of the molecule is COc1ccc(OC)c(N/C=C(/C#N)C(=O)Nc2ccc(C)cc2C)c1. The van der Waals surface area contributed by atoms with Gasteiger partial charge in [-0.05, 0) is 37.6 Å². The minimum absolute atomic E-state index is 0.0603. The summed E-state index contributed by atoms with van der Waals surface area (Å²) in [5.41, 5.74) is 3.22. The van der Waals surface area contributed by atoms with Crippen LogP contribution >= 0.6 is 0 Å². The van der Waals surface area contributed by atoms with E-state index in [4.69, 9.17) is 9.47 Å². The molecule has 0 aliphatic rings. The van der Waals surface area contributed by atoms with Crippen molar-refractivity contribution in [3.63, 3.8) is 0 Å². The van der Waals surface area contributed by atoms with E-state index in [1.165, 1.54) is 13.3 Å². The first kappa shape index (κ1) is 18.9. The molecule has 0 heterocycles. The zero-order chi connectivity index (χ0) is 19.1. The molecule has 0 saturated heterocycles. The number of carbonyl (C=O) groups excluding carboxylic acids is 1. The van der Waals surface area contributed by atoms with Gasteiger partial charge in [-0.15, -0.1) is 0 Å². The Kier molecular flexibility index (Phi) is 6.23. The average Bonchev–Trinajstić information content (AvgIpc) is 2.64. The molecule has 0 aliphatic carbocycles. The lowest BCUT2D eigenvalue weighted by molar-refractivity contribution is -0.112. The van der Waals surface area contributed by atoms with Crippen molar-refractivity contribution < 1.29 is 14.3 Å². The Balaban J connectivity index is 2.20. The molecule has 134 valence electrons. The number of benzene rings is 2. The first-order valence-electron chi connectivity index (χ1n) is 7.96. The molecule has 2 rings (SSSR count). The van der Waals surface area contributed by atoms with Gasteiger partial charge in [0.15, 0.2) is 0 Å². The highest BCUT2D eigenvalue weighted by molar-refractivity contribution is 6.07. The summed E-state index contributed by atoms with van der Waals surface area (Å²) in [4.78, 5) is 12.4. The highest BCUT2D eigenvalue weighted by atomic mass is 16.5. The maximum atomic E-state index is 12.4. The van der Waals surface area contributed by atoms with Crippen LogP contribution in [0.1, 0.15) is 11.1 Å². The van der Waals surface area contributed by atoms with Gasteiger partial charge in [0, 0.05) is 18.0 Å². The minimum atomic E-state index is -0.492. The number of nitrogens with zero attached hydrogens (tertiary/aromatic N) is 1. The van der Waals surface area contributed by atoms with Gasteiger partial charge >= 0.3 is 0 Å². The summed E-state index contributed by atoms with van der Waals surface area (Å²) in [6.07, 6.45) is 1.34. The maximum Gasteiger partial charge on any atom is 0.267 e. The van der Waals surface area contributed by atoms with Gasteiger partial charge in [-0.1, -0.05) is 17.7 Å². The second kappa shape index (κ2) is 8.58. The Morgan fingerprint density at radius 1 is 1.08 bits per heavy atom. The topological polar surface area (TPSA) is 83.4 Å². The first-order chi connectivity index (χ1) is 12.5. The predicted molar refractivity (Wildman–Crippen MR) is 101 cm³/mol. The number of nitriles is 1. The summed E-state index contributed by atoms with van der Waals surface area (Å²) in [6.45, 7) is 3.88. The molecule has 2 N–H and O–H groups in total. The van der Waals surface area contributed by atoms with Gasteiger partial charge in [-0.2, -0.15) is 5.26 Å². The lowest BCUT2D eigenvalue weighted by Crippen LogP contribution is -2.15. The third kappa shape index (κ3) is 4.54. The summed E-state index contributed by atoms with van der Waals surface area (Å²) in [5.74, 6) is 0.697. The Labute approximate surface area is 153 Å². The minimum Gasteiger partial charge on any atom is -0.497 e. The second-order valence-electron chi connectivity index (χ2n) is 5.65. The normalized spacial score (nSPS) is 10.7. The number of hydrogen-bond acceptors (Lipinski definition) is 5. The lowest BCUT2D eigenvalue weighted by Gasteiger charge is -2.11. The summed E-state index contributed by atoms with van der Waals surface area (Å²) in [6, 6.07) is 12.8. The van der Waals surface area contributed by atoms with Gasteiger partial charge in [0.1, 0.15) is 23.1 Å². The fourth-order valence-electron chi connectivity index (χ4n) is 2.37.